The molecule has 1 amide bonds. The molecule has 0 bridgehead atoms. The molecule has 1 saturated heterocycles. The van der Waals surface area contributed by atoms with E-state index in [0.29, 0.717) is 11.5 Å². The van der Waals surface area contributed by atoms with Crippen LogP contribution in [0, 0.1) is 12.8 Å². The van der Waals surface area contributed by atoms with Crippen LogP contribution in [0.3, 0.4) is 0 Å². The zero-order chi connectivity index (χ0) is 12.7. The number of nitrogens with two attached hydrogens (primary N) is 1. The number of carbonyl (C=O) groups is 1. The Kier molecular flexibility index (Phi) is 2.84. The number of hydrogen-bond donors (Lipinski definition) is 2. The zero-order valence-electron chi connectivity index (χ0n) is 10.4. The molecule has 1 aromatic rings. The first-order valence-corrected chi connectivity index (χ1v) is 6.41. The zero-order valence-corrected chi connectivity index (χ0v) is 10.4. The summed E-state index contributed by atoms with van der Waals surface area (Å²) in [5, 5.41) is 2.98. The molecule has 1 aromatic carbocycles. The summed E-state index contributed by atoms with van der Waals surface area (Å²) in [6.07, 6.45) is 1.14. The first-order chi connectivity index (χ1) is 8.66. The van der Waals surface area contributed by atoms with Crippen molar-refractivity contribution in [2.75, 3.05) is 6.61 Å². The molecule has 1 aliphatic carbocycles. The van der Waals surface area contributed by atoms with Gasteiger partial charge in [-0.3, -0.25) is 4.79 Å². The highest BCUT2D eigenvalue weighted by Gasteiger charge is 2.52. The molecule has 0 aromatic heterocycles. The predicted octanol–water partition coefficient (Wildman–Crippen LogP) is 0.839. The molecule has 2 aliphatic rings. The second-order valence-electron chi connectivity index (χ2n) is 5.23. The summed E-state index contributed by atoms with van der Waals surface area (Å²) >= 11 is 0. The summed E-state index contributed by atoms with van der Waals surface area (Å²) in [5.74, 6) is 0.359. The Labute approximate surface area is 107 Å². The summed E-state index contributed by atoms with van der Waals surface area (Å²) in [4.78, 5) is 12.1. The van der Waals surface area contributed by atoms with Gasteiger partial charge in [-0.25, -0.2) is 0 Å². The normalized spacial score (nSPS) is 33.7. The van der Waals surface area contributed by atoms with Crippen molar-refractivity contribution < 1.29 is 9.53 Å². The smallest absolute Gasteiger partial charge is 0.251 e. The summed E-state index contributed by atoms with van der Waals surface area (Å²) in [6.45, 7) is 2.76. The molecular weight excluding hydrogens is 228 g/mol. The minimum absolute atomic E-state index is 0.0342. The number of aryl methyl sites for hydroxylation is 1. The SMILES string of the molecule is Cc1ccc(C(=O)NC2C(N)C3CCOC32)cc1. The molecule has 1 aliphatic heterocycles. The lowest BCUT2D eigenvalue weighted by molar-refractivity contribution is -0.0161. The number of benzene rings is 1. The summed E-state index contributed by atoms with van der Waals surface area (Å²) in [5.41, 5.74) is 7.88. The van der Waals surface area contributed by atoms with Gasteiger partial charge in [0.2, 0.25) is 0 Å². The largest absolute Gasteiger partial charge is 0.376 e. The molecule has 96 valence electrons. The van der Waals surface area contributed by atoms with Crippen LogP contribution in [-0.2, 0) is 4.74 Å². The van der Waals surface area contributed by atoms with Crippen LogP contribution in [0.4, 0.5) is 0 Å². The standard InChI is InChI=1S/C14H18N2O2/c1-8-2-4-9(5-3-8)14(17)16-12-11(15)10-6-7-18-13(10)12/h2-5,10-13H,6-7,15H2,1H3,(H,16,17). The van der Waals surface area contributed by atoms with E-state index in [1.807, 2.05) is 31.2 Å². The Morgan fingerprint density at radius 3 is 2.83 bits per heavy atom. The van der Waals surface area contributed by atoms with Crippen LogP contribution in [0.5, 0.6) is 0 Å². The molecule has 18 heavy (non-hydrogen) atoms. The van der Waals surface area contributed by atoms with E-state index in [2.05, 4.69) is 5.32 Å². The van der Waals surface area contributed by atoms with Crippen LogP contribution in [0.1, 0.15) is 22.3 Å². The number of carbonyl (C=O) groups excluding carboxylic acids is 1. The minimum atomic E-state index is -0.0654. The average Bonchev–Trinajstić information content (AvgIpc) is 2.81. The number of ether oxygens (including phenoxy) is 1. The molecule has 1 heterocycles. The second kappa shape index (κ2) is 4.37. The number of nitrogens with one attached hydrogen (secondary N) is 1. The van der Waals surface area contributed by atoms with Gasteiger partial charge < -0.3 is 15.8 Å². The van der Waals surface area contributed by atoms with E-state index in [4.69, 9.17) is 10.5 Å². The molecular formula is C14H18N2O2. The number of amides is 1. The molecule has 0 radical (unpaired) electrons. The highest BCUT2D eigenvalue weighted by atomic mass is 16.5. The molecule has 4 heteroatoms. The lowest BCUT2D eigenvalue weighted by Gasteiger charge is -2.45. The van der Waals surface area contributed by atoms with Crippen molar-refractivity contribution in [3.05, 3.63) is 35.4 Å². The fraction of sp³-hybridized carbons (Fsp3) is 0.500. The van der Waals surface area contributed by atoms with Crippen LogP contribution in [0.15, 0.2) is 24.3 Å². The third-order valence-corrected chi connectivity index (χ3v) is 4.06. The lowest BCUT2D eigenvalue weighted by atomic mass is 9.72. The summed E-state index contributed by atoms with van der Waals surface area (Å²) in [6, 6.07) is 7.54. The quantitative estimate of drug-likeness (QED) is 0.812. The van der Waals surface area contributed by atoms with Gasteiger partial charge in [-0.2, -0.15) is 0 Å². The van der Waals surface area contributed by atoms with Gasteiger partial charge in [-0.1, -0.05) is 17.7 Å². The van der Waals surface area contributed by atoms with Crippen LogP contribution in [-0.4, -0.2) is 30.7 Å². The Bertz CT molecular complexity index is 457. The van der Waals surface area contributed by atoms with Gasteiger partial charge in [0.05, 0.1) is 12.1 Å². The highest BCUT2D eigenvalue weighted by molar-refractivity contribution is 5.94. The molecule has 4 atom stereocenters. The molecule has 1 saturated carbocycles. The fourth-order valence-corrected chi connectivity index (χ4v) is 2.87. The summed E-state index contributed by atoms with van der Waals surface area (Å²) in [7, 11) is 0. The average molecular weight is 246 g/mol. The van der Waals surface area contributed by atoms with Crippen LogP contribution in [0.2, 0.25) is 0 Å². The Balaban J connectivity index is 1.66. The van der Waals surface area contributed by atoms with Gasteiger partial charge in [0.25, 0.3) is 5.91 Å². The topological polar surface area (TPSA) is 64.4 Å². The predicted molar refractivity (Wildman–Crippen MR) is 68.3 cm³/mol. The first-order valence-electron chi connectivity index (χ1n) is 6.41. The highest BCUT2D eigenvalue weighted by Crippen LogP contribution is 2.37. The maximum Gasteiger partial charge on any atom is 0.251 e. The van der Waals surface area contributed by atoms with Crippen molar-refractivity contribution in [3.8, 4) is 0 Å². The van der Waals surface area contributed by atoms with Gasteiger partial charge in [-0.15, -0.1) is 0 Å². The monoisotopic (exact) mass is 246 g/mol. The summed E-state index contributed by atoms with van der Waals surface area (Å²) < 4.78 is 5.60. The van der Waals surface area contributed by atoms with E-state index in [9.17, 15) is 4.79 Å². The maximum atomic E-state index is 12.1. The van der Waals surface area contributed by atoms with Crippen LogP contribution >= 0.6 is 0 Å². The van der Waals surface area contributed by atoms with Gasteiger partial charge in [0.15, 0.2) is 0 Å². The van der Waals surface area contributed by atoms with Crippen molar-refractivity contribution in [1.29, 1.82) is 0 Å². The molecule has 4 nitrogen and oxygen atoms in total. The van der Waals surface area contributed by atoms with Gasteiger partial charge in [0.1, 0.15) is 0 Å². The number of fused-ring (bicyclic) bond motifs is 1. The van der Waals surface area contributed by atoms with Crippen molar-refractivity contribution in [1.82, 2.24) is 5.32 Å². The third-order valence-electron chi connectivity index (χ3n) is 4.06. The van der Waals surface area contributed by atoms with Crippen molar-refractivity contribution in [3.63, 3.8) is 0 Å². The van der Waals surface area contributed by atoms with E-state index in [1.54, 1.807) is 0 Å². The van der Waals surface area contributed by atoms with Crippen molar-refractivity contribution in [2.45, 2.75) is 31.5 Å². The lowest BCUT2D eigenvalue weighted by Crippen LogP contribution is -2.68. The molecule has 2 fully saturated rings. The van der Waals surface area contributed by atoms with Crippen molar-refractivity contribution in [2.24, 2.45) is 11.7 Å². The van der Waals surface area contributed by atoms with E-state index < -0.39 is 0 Å². The van der Waals surface area contributed by atoms with E-state index in [0.717, 1.165) is 18.6 Å². The van der Waals surface area contributed by atoms with Crippen LogP contribution < -0.4 is 11.1 Å². The first kappa shape index (κ1) is 11.7. The Morgan fingerprint density at radius 1 is 1.39 bits per heavy atom. The molecule has 3 N–H and O–H groups in total. The second-order valence-corrected chi connectivity index (χ2v) is 5.23. The van der Waals surface area contributed by atoms with Crippen LogP contribution in [0.25, 0.3) is 0 Å². The van der Waals surface area contributed by atoms with E-state index >= 15 is 0 Å². The van der Waals surface area contributed by atoms with E-state index in [-0.39, 0.29) is 24.1 Å². The maximum absolute atomic E-state index is 12.1. The number of hydrogen-bond acceptors (Lipinski definition) is 3. The van der Waals surface area contributed by atoms with Crippen molar-refractivity contribution >= 4 is 5.91 Å². The molecule has 4 unspecified atom stereocenters. The van der Waals surface area contributed by atoms with E-state index in [1.165, 1.54) is 0 Å². The Morgan fingerprint density at radius 2 is 2.11 bits per heavy atom. The van der Waals surface area contributed by atoms with Gasteiger partial charge >= 0.3 is 0 Å². The van der Waals surface area contributed by atoms with Gasteiger partial charge in [-0.05, 0) is 25.5 Å². The fourth-order valence-electron chi connectivity index (χ4n) is 2.87. The number of rotatable bonds is 2. The molecule has 0 spiro atoms. The molecule has 3 rings (SSSR count). The minimum Gasteiger partial charge on any atom is -0.376 e. The third kappa shape index (κ3) is 1.82. The Hall–Kier alpha value is -1.39. The van der Waals surface area contributed by atoms with Gasteiger partial charge in [0, 0.05) is 24.1 Å².